The Balaban J connectivity index is 1.85. The van der Waals surface area contributed by atoms with Crippen molar-refractivity contribution in [3.63, 3.8) is 0 Å². The van der Waals surface area contributed by atoms with Gasteiger partial charge in [-0.15, -0.1) is 11.3 Å². The number of anilines is 3. The van der Waals surface area contributed by atoms with Crippen molar-refractivity contribution < 1.29 is 17.9 Å². The Morgan fingerprint density at radius 2 is 1.50 bits per heavy atom. The van der Waals surface area contributed by atoms with Crippen molar-refractivity contribution >= 4 is 43.3 Å². The van der Waals surface area contributed by atoms with Crippen molar-refractivity contribution in [2.75, 3.05) is 18.2 Å². The lowest BCUT2D eigenvalue weighted by Gasteiger charge is -2.09. The first-order chi connectivity index (χ1) is 15.4. The molecule has 0 saturated carbocycles. The SMILES string of the molecule is COc1ccc(C(=O)c2sc(Nc3ccccc3)c(S(=O)(=O)c3ccccc3)c2N)cc1. The summed E-state index contributed by atoms with van der Waals surface area (Å²) in [5.41, 5.74) is 7.32. The number of para-hydroxylation sites is 1. The van der Waals surface area contributed by atoms with Crippen LogP contribution in [-0.4, -0.2) is 21.3 Å². The molecular formula is C24H20N2O4S2. The summed E-state index contributed by atoms with van der Waals surface area (Å²) in [5, 5.41) is 3.41. The fourth-order valence-corrected chi connectivity index (χ4v) is 6.14. The first-order valence-corrected chi connectivity index (χ1v) is 11.9. The van der Waals surface area contributed by atoms with Crippen LogP contribution in [0, 0.1) is 0 Å². The molecule has 0 fully saturated rings. The van der Waals surface area contributed by atoms with E-state index < -0.39 is 9.84 Å². The maximum Gasteiger partial charge on any atom is 0.211 e. The topological polar surface area (TPSA) is 98.5 Å². The molecule has 1 aromatic heterocycles. The Bertz CT molecular complexity index is 1350. The molecule has 0 spiro atoms. The van der Waals surface area contributed by atoms with Crippen LogP contribution in [0.15, 0.2) is 94.7 Å². The third-order valence-corrected chi connectivity index (χ3v) is 7.92. The lowest BCUT2D eigenvalue weighted by atomic mass is 10.1. The highest BCUT2D eigenvalue weighted by molar-refractivity contribution is 7.92. The van der Waals surface area contributed by atoms with Gasteiger partial charge in [0.1, 0.15) is 20.5 Å². The quantitative estimate of drug-likeness (QED) is 0.367. The summed E-state index contributed by atoms with van der Waals surface area (Å²) >= 11 is 1.02. The van der Waals surface area contributed by atoms with Crippen LogP contribution in [-0.2, 0) is 9.84 Å². The van der Waals surface area contributed by atoms with E-state index in [1.165, 1.54) is 19.2 Å². The van der Waals surface area contributed by atoms with Crippen LogP contribution >= 0.6 is 11.3 Å². The van der Waals surface area contributed by atoms with Gasteiger partial charge < -0.3 is 15.8 Å². The van der Waals surface area contributed by atoms with Gasteiger partial charge in [-0.05, 0) is 48.5 Å². The lowest BCUT2D eigenvalue weighted by molar-refractivity contribution is 0.104. The number of rotatable bonds is 7. The molecule has 0 bridgehead atoms. The fraction of sp³-hybridized carbons (Fsp3) is 0.0417. The van der Waals surface area contributed by atoms with Gasteiger partial charge in [0.2, 0.25) is 15.6 Å². The zero-order chi connectivity index (χ0) is 22.7. The number of methoxy groups -OCH3 is 1. The van der Waals surface area contributed by atoms with Crippen LogP contribution in [0.4, 0.5) is 16.4 Å². The average Bonchev–Trinajstić information content (AvgIpc) is 3.16. The molecule has 0 aliphatic rings. The number of nitrogen functional groups attached to an aromatic ring is 1. The number of nitrogens with one attached hydrogen (secondary N) is 1. The maximum atomic E-state index is 13.5. The molecule has 0 atom stereocenters. The van der Waals surface area contributed by atoms with Crippen molar-refractivity contribution in [3.05, 3.63) is 95.4 Å². The fourth-order valence-electron chi connectivity index (χ4n) is 3.19. The van der Waals surface area contributed by atoms with E-state index in [-0.39, 0.29) is 31.1 Å². The smallest absolute Gasteiger partial charge is 0.211 e. The summed E-state index contributed by atoms with van der Waals surface area (Å²) in [5.74, 6) is 0.250. The highest BCUT2D eigenvalue weighted by atomic mass is 32.2. The summed E-state index contributed by atoms with van der Waals surface area (Å²) in [4.78, 5) is 13.4. The predicted molar refractivity (Wildman–Crippen MR) is 127 cm³/mol. The molecule has 32 heavy (non-hydrogen) atoms. The number of ether oxygens (including phenoxy) is 1. The Hall–Kier alpha value is -3.62. The summed E-state index contributed by atoms with van der Waals surface area (Å²) in [6.07, 6.45) is 0. The maximum absolute atomic E-state index is 13.5. The molecule has 0 aliphatic carbocycles. The first-order valence-electron chi connectivity index (χ1n) is 9.65. The van der Waals surface area contributed by atoms with Gasteiger partial charge in [-0.25, -0.2) is 8.42 Å². The number of sulfone groups is 1. The van der Waals surface area contributed by atoms with Crippen molar-refractivity contribution in [1.29, 1.82) is 0 Å². The molecule has 3 N–H and O–H groups in total. The zero-order valence-corrected chi connectivity index (χ0v) is 18.7. The number of carbonyl (C=O) groups is 1. The van der Waals surface area contributed by atoms with Crippen LogP contribution in [0.5, 0.6) is 5.75 Å². The minimum Gasteiger partial charge on any atom is -0.497 e. The van der Waals surface area contributed by atoms with Gasteiger partial charge in [0.25, 0.3) is 0 Å². The van der Waals surface area contributed by atoms with E-state index in [0.29, 0.717) is 17.0 Å². The molecular weight excluding hydrogens is 444 g/mol. The number of ketones is 1. The second kappa shape index (κ2) is 8.86. The van der Waals surface area contributed by atoms with Gasteiger partial charge in [-0.2, -0.15) is 0 Å². The minimum absolute atomic E-state index is 0.0712. The van der Waals surface area contributed by atoms with Gasteiger partial charge in [0, 0.05) is 11.3 Å². The summed E-state index contributed by atoms with van der Waals surface area (Å²) < 4.78 is 32.1. The van der Waals surface area contributed by atoms with Gasteiger partial charge >= 0.3 is 0 Å². The van der Waals surface area contributed by atoms with Crippen LogP contribution in [0.1, 0.15) is 15.2 Å². The molecule has 0 radical (unpaired) electrons. The molecule has 6 nitrogen and oxygen atoms in total. The molecule has 1 heterocycles. The molecule has 3 aromatic carbocycles. The molecule has 4 aromatic rings. The molecule has 4 rings (SSSR count). The van der Waals surface area contributed by atoms with Crippen molar-refractivity contribution in [2.24, 2.45) is 0 Å². The van der Waals surface area contributed by atoms with Crippen molar-refractivity contribution in [3.8, 4) is 5.75 Å². The zero-order valence-electron chi connectivity index (χ0n) is 17.1. The Labute approximate surface area is 190 Å². The Morgan fingerprint density at radius 1 is 0.906 bits per heavy atom. The molecule has 0 saturated heterocycles. The van der Waals surface area contributed by atoms with Crippen LogP contribution < -0.4 is 15.8 Å². The highest BCUT2D eigenvalue weighted by Crippen LogP contribution is 2.44. The first kappa shape index (κ1) is 21.6. The summed E-state index contributed by atoms with van der Waals surface area (Å²) in [6, 6.07) is 23.7. The third-order valence-electron chi connectivity index (χ3n) is 4.81. The summed E-state index contributed by atoms with van der Waals surface area (Å²) in [6.45, 7) is 0. The van der Waals surface area contributed by atoms with Gasteiger partial charge in [0.05, 0.1) is 17.7 Å². The van der Waals surface area contributed by atoms with E-state index in [4.69, 9.17) is 10.5 Å². The van der Waals surface area contributed by atoms with Crippen LogP contribution in [0.25, 0.3) is 0 Å². The predicted octanol–water partition coefficient (Wildman–Crippen LogP) is 5.15. The number of hydrogen-bond acceptors (Lipinski definition) is 7. The molecule has 162 valence electrons. The standard InChI is InChI=1S/C24H20N2O4S2/c1-30-18-14-12-16(13-15-18)21(27)22-20(25)23(32(28,29)19-10-6-3-7-11-19)24(31-22)26-17-8-4-2-5-9-17/h2-15,26H,25H2,1H3. The van der Waals surface area contributed by atoms with E-state index in [9.17, 15) is 13.2 Å². The number of thiophene rings is 1. The van der Waals surface area contributed by atoms with E-state index in [1.54, 1.807) is 54.6 Å². The third kappa shape index (κ3) is 4.10. The van der Waals surface area contributed by atoms with Gasteiger partial charge in [-0.1, -0.05) is 36.4 Å². The van der Waals surface area contributed by atoms with Crippen LogP contribution in [0.3, 0.4) is 0 Å². The van der Waals surface area contributed by atoms with E-state index in [2.05, 4.69) is 5.32 Å². The number of hydrogen-bond donors (Lipinski definition) is 2. The van der Waals surface area contributed by atoms with E-state index >= 15 is 0 Å². The van der Waals surface area contributed by atoms with Gasteiger partial charge in [0.15, 0.2) is 0 Å². The van der Waals surface area contributed by atoms with E-state index in [0.717, 1.165) is 11.3 Å². The monoisotopic (exact) mass is 464 g/mol. The minimum atomic E-state index is -3.98. The second-order valence-corrected chi connectivity index (χ2v) is 9.78. The highest BCUT2D eigenvalue weighted by Gasteiger charge is 2.31. The van der Waals surface area contributed by atoms with Crippen LogP contribution in [0.2, 0.25) is 0 Å². The molecule has 0 amide bonds. The molecule has 8 heteroatoms. The molecule has 0 unspecified atom stereocenters. The number of benzene rings is 3. The van der Waals surface area contributed by atoms with Crippen molar-refractivity contribution in [2.45, 2.75) is 9.79 Å². The lowest BCUT2D eigenvalue weighted by Crippen LogP contribution is -2.08. The Morgan fingerprint density at radius 3 is 2.09 bits per heavy atom. The second-order valence-electron chi connectivity index (χ2n) is 6.87. The van der Waals surface area contributed by atoms with E-state index in [1.807, 2.05) is 18.2 Å². The Kier molecular flexibility index (Phi) is 5.98. The van der Waals surface area contributed by atoms with Gasteiger partial charge in [-0.3, -0.25) is 4.79 Å². The molecule has 0 aliphatic heterocycles. The normalized spacial score (nSPS) is 11.2. The average molecular weight is 465 g/mol. The summed E-state index contributed by atoms with van der Waals surface area (Å²) in [7, 11) is -2.44. The van der Waals surface area contributed by atoms with Crippen molar-refractivity contribution in [1.82, 2.24) is 0 Å². The number of carbonyl (C=O) groups excluding carboxylic acids is 1. The largest absolute Gasteiger partial charge is 0.497 e. The number of nitrogens with two attached hydrogens (primary N) is 1.